The molecule has 0 radical (unpaired) electrons. The van der Waals surface area contributed by atoms with Gasteiger partial charge in [0.15, 0.2) is 9.84 Å². The lowest BCUT2D eigenvalue weighted by Gasteiger charge is -2.20. The predicted octanol–water partition coefficient (Wildman–Crippen LogP) is 0.838. The van der Waals surface area contributed by atoms with Crippen molar-refractivity contribution in [2.45, 2.75) is 13.3 Å². The number of carbonyl (C=O) groups excluding carboxylic acids is 1. The third kappa shape index (κ3) is 3.26. The Morgan fingerprint density at radius 2 is 2.00 bits per heavy atom. The number of amides is 1. The van der Waals surface area contributed by atoms with E-state index >= 15 is 0 Å². The minimum Gasteiger partial charge on any atom is -0.398 e. The van der Waals surface area contributed by atoms with Crippen LogP contribution in [0.3, 0.4) is 0 Å². The number of sulfone groups is 1. The van der Waals surface area contributed by atoms with Crippen molar-refractivity contribution in [3.8, 4) is 0 Å². The molecule has 1 amide bonds. The van der Waals surface area contributed by atoms with Crippen LogP contribution in [0.1, 0.15) is 22.3 Å². The Bertz CT molecular complexity index is 596. The van der Waals surface area contributed by atoms with Crippen molar-refractivity contribution >= 4 is 21.4 Å². The highest BCUT2D eigenvalue weighted by Gasteiger charge is 2.24. The lowest BCUT2D eigenvalue weighted by atomic mass is 10.1. The number of hydrogen-bond donors (Lipinski definition) is 1. The summed E-state index contributed by atoms with van der Waals surface area (Å²) in [5.41, 5.74) is 7.74. The van der Waals surface area contributed by atoms with E-state index in [2.05, 4.69) is 0 Å². The highest BCUT2D eigenvalue weighted by molar-refractivity contribution is 7.91. The van der Waals surface area contributed by atoms with E-state index in [1.165, 1.54) is 0 Å². The molecule has 5 nitrogen and oxygen atoms in total. The van der Waals surface area contributed by atoms with Crippen LogP contribution < -0.4 is 5.73 Å². The van der Waals surface area contributed by atoms with Crippen LogP contribution >= 0.6 is 0 Å². The van der Waals surface area contributed by atoms with Crippen LogP contribution in [-0.4, -0.2) is 43.8 Å². The van der Waals surface area contributed by atoms with E-state index in [4.69, 9.17) is 5.73 Å². The SMILES string of the molecule is Cc1ccc(C(=O)N2CCCS(=O)(=O)CC2)c(N)c1. The van der Waals surface area contributed by atoms with E-state index in [1.54, 1.807) is 17.0 Å². The van der Waals surface area contributed by atoms with Crippen LogP contribution in [0.2, 0.25) is 0 Å². The smallest absolute Gasteiger partial charge is 0.255 e. The molecule has 0 saturated carbocycles. The summed E-state index contributed by atoms with van der Waals surface area (Å²) in [6.07, 6.45) is 0.486. The predicted molar refractivity (Wildman–Crippen MR) is 74.8 cm³/mol. The zero-order chi connectivity index (χ0) is 14.0. The largest absolute Gasteiger partial charge is 0.398 e. The van der Waals surface area contributed by atoms with Crippen LogP contribution in [-0.2, 0) is 9.84 Å². The van der Waals surface area contributed by atoms with E-state index in [1.807, 2.05) is 13.0 Å². The van der Waals surface area contributed by atoms with E-state index in [9.17, 15) is 13.2 Å². The van der Waals surface area contributed by atoms with Gasteiger partial charge < -0.3 is 10.6 Å². The Kier molecular flexibility index (Phi) is 3.80. The van der Waals surface area contributed by atoms with Crippen molar-refractivity contribution < 1.29 is 13.2 Å². The minimum atomic E-state index is -3.01. The fourth-order valence-electron chi connectivity index (χ4n) is 2.19. The number of hydrogen-bond acceptors (Lipinski definition) is 4. The lowest BCUT2D eigenvalue weighted by molar-refractivity contribution is 0.0769. The maximum atomic E-state index is 12.3. The van der Waals surface area contributed by atoms with Gasteiger partial charge in [-0.15, -0.1) is 0 Å². The fraction of sp³-hybridized carbons (Fsp3) is 0.462. The molecule has 0 bridgehead atoms. The summed E-state index contributed by atoms with van der Waals surface area (Å²) in [5.74, 6) is -0.000371. The van der Waals surface area contributed by atoms with E-state index in [-0.39, 0.29) is 24.0 Å². The number of carbonyl (C=O) groups is 1. The summed E-state index contributed by atoms with van der Waals surface area (Å²) in [6, 6.07) is 5.28. The highest BCUT2D eigenvalue weighted by atomic mass is 32.2. The van der Waals surface area contributed by atoms with Gasteiger partial charge in [-0.25, -0.2) is 8.42 Å². The van der Waals surface area contributed by atoms with Gasteiger partial charge in [-0.3, -0.25) is 4.79 Å². The average molecular weight is 282 g/mol. The summed E-state index contributed by atoms with van der Waals surface area (Å²) < 4.78 is 23.0. The summed E-state index contributed by atoms with van der Waals surface area (Å²) in [6.45, 7) is 2.61. The number of anilines is 1. The zero-order valence-electron chi connectivity index (χ0n) is 10.9. The zero-order valence-corrected chi connectivity index (χ0v) is 11.7. The molecule has 2 rings (SSSR count). The van der Waals surface area contributed by atoms with Crippen LogP contribution in [0, 0.1) is 6.92 Å². The molecule has 0 aromatic heterocycles. The normalized spacial score (nSPS) is 18.9. The second-order valence-corrected chi connectivity index (χ2v) is 7.19. The van der Waals surface area contributed by atoms with Crippen molar-refractivity contribution in [2.24, 2.45) is 0 Å². The first-order chi connectivity index (χ1) is 8.89. The molecule has 0 unspecified atom stereocenters. The standard InChI is InChI=1S/C13H18N2O3S/c1-10-3-4-11(12(14)9-10)13(16)15-5-2-7-19(17,18)8-6-15/h3-4,9H,2,5-8,14H2,1H3. The number of nitrogens with zero attached hydrogens (tertiary/aromatic N) is 1. The van der Waals surface area contributed by atoms with Crippen molar-refractivity contribution in [3.63, 3.8) is 0 Å². The Morgan fingerprint density at radius 1 is 1.26 bits per heavy atom. The first-order valence-corrected chi connectivity index (χ1v) is 8.07. The maximum absolute atomic E-state index is 12.3. The van der Waals surface area contributed by atoms with Crippen LogP contribution in [0.4, 0.5) is 5.69 Å². The number of benzene rings is 1. The van der Waals surface area contributed by atoms with E-state index < -0.39 is 9.84 Å². The summed E-state index contributed by atoms with van der Waals surface area (Å²) in [4.78, 5) is 13.9. The Balaban J connectivity index is 2.20. The Labute approximate surface area is 113 Å². The fourth-order valence-corrected chi connectivity index (χ4v) is 3.46. The molecule has 0 atom stereocenters. The first-order valence-electron chi connectivity index (χ1n) is 6.25. The molecule has 1 saturated heterocycles. The van der Waals surface area contributed by atoms with Gasteiger partial charge in [0.1, 0.15) is 0 Å². The molecule has 1 aliphatic heterocycles. The van der Waals surface area contributed by atoms with Crippen LogP contribution in [0.25, 0.3) is 0 Å². The first kappa shape index (κ1) is 13.9. The molecular formula is C13H18N2O3S. The Hall–Kier alpha value is -1.56. The Morgan fingerprint density at radius 3 is 2.68 bits per heavy atom. The highest BCUT2D eigenvalue weighted by Crippen LogP contribution is 2.17. The van der Waals surface area contributed by atoms with Crippen molar-refractivity contribution in [1.29, 1.82) is 0 Å². The van der Waals surface area contributed by atoms with Gasteiger partial charge >= 0.3 is 0 Å². The molecule has 1 aromatic carbocycles. The molecule has 1 aromatic rings. The molecule has 1 fully saturated rings. The van der Waals surface area contributed by atoms with Gasteiger partial charge in [-0.05, 0) is 31.0 Å². The monoisotopic (exact) mass is 282 g/mol. The van der Waals surface area contributed by atoms with E-state index in [0.717, 1.165) is 5.56 Å². The molecule has 1 heterocycles. The number of nitrogens with two attached hydrogens (primary N) is 1. The second kappa shape index (κ2) is 5.21. The molecule has 0 spiro atoms. The third-order valence-corrected chi connectivity index (χ3v) is 5.00. The quantitative estimate of drug-likeness (QED) is 0.774. The van der Waals surface area contributed by atoms with Crippen molar-refractivity contribution in [1.82, 2.24) is 4.90 Å². The number of rotatable bonds is 1. The maximum Gasteiger partial charge on any atom is 0.255 e. The van der Waals surface area contributed by atoms with Gasteiger partial charge in [0.05, 0.1) is 17.1 Å². The van der Waals surface area contributed by atoms with Gasteiger partial charge in [-0.2, -0.15) is 0 Å². The van der Waals surface area contributed by atoms with Crippen LogP contribution in [0.5, 0.6) is 0 Å². The molecule has 0 aliphatic carbocycles. The van der Waals surface area contributed by atoms with Gasteiger partial charge in [0, 0.05) is 18.8 Å². The van der Waals surface area contributed by atoms with Gasteiger partial charge in [0.2, 0.25) is 0 Å². The van der Waals surface area contributed by atoms with Crippen molar-refractivity contribution in [3.05, 3.63) is 29.3 Å². The summed E-state index contributed by atoms with van der Waals surface area (Å²) in [7, 11) is -3.01. The molecule has 104 valence electrons. The second-order valence-electron chi connectivity index (χ2n) is 4.89. The topological polar surface area (TPSA) is 80.5 Å². The van der Waals surface area contributed by atoms with Gasteiger partial charge in [-0.1, -0.05) is 6.07 Å². The third-order valence-electron chi connectivity index (χ3n) is 3.28. The molecule has 19 heavy (non-hydrogen) atoms. The van der Waals surface area contributed by atoms with Crippen LogP contribution in [0.15, 0.2) is 18.2 Å². The van der Waals surface area contributed by atoms with E-state index in [0.29, 0.717) is 24.2 Å². The minimum absolute atomic E-state index is 0.0322. The summed E-state index contributed by atoms with van der Waals surface area (Å²) >= 11 is 0. The molecule has 6 heteroatoms. The van der Waals surface area contributed by atoms with Crippen molar-refractivity contribution in [2.75, 3.05) is 30.3 Å². The van der Waals surface area contributed by atoms with Gasteiger partial charge in [0.25, 0.3) is 5.91 Å². The number of nitrogen functional groups attached to an aromatic ring is 1. The summed E-state index contributed by atoms with van der Waals surface area (Å²) in [5, 5.41) is 0. The molecule has 1 aliphatic rings. The molecule has 2 N–H and O–H groups in total. The lowest BCUT2D eigenvalue weighted by Crippen LogP contribution is -2.34. The molecular weight excluding hydrogens is 264 g/mol. The average Bonchev–Trinajstić information content (AvgIpc) is 2.49. The number of aryl methyl sites for hydroxylation is 1.